The Hall–Kier alpha value is -1.19. The van der Waals surface area contributed by atoms with Crippen molar-refractivity contribution >= 4 is 5.78 Å². The molecule has 15 heavy (non-hydrogen) atoms. The number of hydrogen-bond donors (Lipinski definition) is 0. The number of Topliss-reactive ketones (excluding diaryl/α,β-unsaturated/α-hetero) is 1. The Balaban J connectivity index is 1.80. The van der Waals surface area contributed by atoms with Gasteiger partial charge in [0.05, 0.1) is 5.69 Å². The van der Waals surface area contributed by atoms with Crippen molar-refractivity contribution in [2.75, 3.05) is 0 Å². The van der Waals surface area contributed by atoms with Crippen LogP contribution in [0.4, 0.5) is 0 Å². The fraction of sp³-hybridized carbons (Fsp3) is 0.727. The van der Waals surface area contributed by atoms with Gasteiger partial charge in [-0.2, -0.15) is 0 Å². The number of ketones is 1. The van der Waals surface area contributed by atoms with Gasteiger partial charge in [-0.1, -0.05) is 18.1 Å². The Morgan fingerprint density at radius 2 is 2.27 bits per heavy atom. The summed E-state index contributed by atoms with van der Waals surface area (Å²) in [4.78, 5) is 11.8. The standard InChI is InChI=1S/C11H17N3O/c1-14-8-10(12-13-14)6-7-11(15)9-4-2-3-5-9/h8-9H,2-7H2,1H3. The highest BCUT2D eigenvalue weighted by Crippen LogP contribution is 2.26. The average molecular weight is 207 g/mol. The van der Waals surface area contributed by atoms with Crippen LogP contribution < -0.4 is 0 Å². The first kappa shape index (κ1) is 10.3. The third-order valence-corrected chi connectivity index (χ3v) is 3.09. The van der Waals surface area contributed by atoms with Gasteiger partial charge in [0, 0.05) is 32.0 Å². The van der Waals surface area contributed by atoms with Crippen LogP contribution in [0.1, 0.15) is 37.8 Å². The summed E-state index contributed by atoms with van der Waals surface area (Å²) in [6.07, 6.45) is 7.89. The molecule has 2 rings (SSSR count). The zero-order valence-electron chi connectivity index (χ0n) is 9.15. The smallest absolute Gasteiger partial charge is 0.136 e. The zero-order chi connectivity index (χ0) is 10.7. The molecule has 1 saturated carbocycles. The highest BCUT2D eigenvalue weighted by molar-refractivity contribution is 5.81. The van der Waals surface area contributed by atoms with E-state index in [0.717, 1.165) is 25.0 Å². The van der Waals surface area contributed by atoms with Gasteiger partial charge in [-0.15, -0.1) is 5.10 Å². The average Bonchev–Trinajstić information content (AvgIpc) is 2.84. The molecule has 0 spiro atoms. The van der Waals surface area contributed by atoms with Crippen molar-refractivity contribution in [3.63, 3.8) is 0 Å². The van der Waals surface area contributed by atoms with Crippen LogP contribution in [-0.4, -0.2) is 20.8 Å². The van der Waals surface area contributed by atoms with Crippen molar-refractivity contribution in [2.45, 2.75) is 38.5 Å². The molecule has 0 bridgehead atoms. The minimum absolute atomic E-state index is 0.335. The zero-order valence-corrected chi connectivity index (χ0v) is 9.15. The molecule has 0 saturated heterocycles. The van der Waals surface area contributed by atoms with E-state index in [9.17, 15) is 4.79 Å². The van der Waals surface area contributed by atoms with Crippen LogP contribution in [0.15, 0.2) is 6.20 Å². The predicted molar refractivity (Wildman–Crippen MR) is 56.3 cm³/mol. The lowest BCUT2D eigenvalue weighted by Crippen LogP contribution is -2.11. The predicted octanol–water partition coefficient (Wildman–Crippen LogP) is 1.51. The van der Waals surface area contributed by atoms with E-state index in [-0.39, 0.29) is 0 Å². The summed E-state index contributed by atoms with van der Waals surface area (Å²) in [5, 5.41) is 7.82. The molecule has 1 aliphatic carbocycles. The Morgan fingerprint density at radius 1 is 1.53 bits per heavy atom. The largest absolute Gasteiger partial charge is 0.299 e. The second-order valence-corrected chi connectivity index (χ2v) is 4.33. The molecule has 0 N–H and O–H groups in total. The molecule has 1 aromatic rings. The van der Waals surface area contributed by atoms with Gasteiger partial charge in [0.2, 0.25) is 0 Å². The number of hydrogen-bond acceptors (Lipinski definition) is 3. The van der Waals surface area contributed by atoms with E-state index in [1.54, 1.807) is 4.68 Å². The third-order valence-electron chi connectivity index (χ3n) is 3.09. The molecular weight excluding hydrogens is 190 g/mol. The number of nitrogens with zero attached hydrogens (tertiary/aromatic N) is 3. The number of rotatable bonds is 4. The number of carbonyl (C=O) groups excluding carboxylic acids is 1. The van der Waals surface area contributed by atoms with Crippen LogP contribution in [0.5, 0.6) is 0 Å². The quantitative estimate of drug-likeness (QED) is 0.751. The summed E-state index contributed by atoms with van der Waals surface area (Å²) in [6, 6.07) is 0. The van der Waals surface area contributed by atoms with Crippen LogP contribution in [0.25, 0.3) is 0 Å². The normalized spacial score (nSPS) is 17.1. The van der Waals surface area contributed by atoms with Gasteiger partial charge in [0.1, 0.15) is 5.78 Å². The Bertz CT molecular complexity index is 339. The molecule has 0 radical (unpaired) electrons. The maximum Gasteiger partial charge on any atom is 0.136 e. The van der Waals surface area contributed by atoms with E-state index in [1.165, 1.54) is 12.8 Å². The van der Waals surface area contributed by atoms with E-state index in [4.69, 9.17) is 0 Å². The van der Waals surface area contributed by atoms with Gasteiger partial charge < -0.3 is 0 Å². The molecule has 0 unspecified atom stereocenters. The van der Waals surface area contributed by atoms with Gasteiger partial charge in [-0.25, -0.2) is 0 Å². The lowest BCUT2D eigenvalue weighted by atomic mass is 9.98. The first-order chi connectivity index (χ1) is 7.25. The van der Waals surface area contributed by atoms with Gasteiger partial charge in [-0.05, 0) is 12.8 Å². The molecular formula is C11H17N3O. The maximum absolute atomic E-state index is 11.8. The fourth-order valence-corrected chi connectivity index (χ4v) is 2.21. The van der Waals surface area contributed by atoms with Crippen molar-refractivity contribution in [1.82, 2.24) is 15.0 Å². The van der Waals surface area contributed by atoms with Gasteiger partial charge in [0.15, 0.2) is 0 Å². The van der Waals surface area contributed by atoms with E-state index in [1.807, 2.05) is 13.2 Å². The Labute approximate surface area is 89.7 Å². The van der Waals surface area contributed by atoms with Crippen molar-refractivity contribution < 1.29 is 4.79 Å². The summed E-state index contributed by atoms with van der Waals surface area (Å²) < 4.78 is 1.68. The SMILES string of the molecule is Cn1cc(CCC(=O)C2CCCC2)nn1. The highest BCUT2D eigenvalue weighted by Gasteiger charge is 2.22. The monoisotopic (exact) mass is 207 g/mol. The van der Waals surface area contributed by atoms with Crippen molar-refractivity contribution in [1.29, 1.82) is 0 Å². The molecule has 1 aliphatic rings. The van der Waals surface area contributed by atoms with Crippen LogP contribution in [0, 0.1) is 5.92 Å². The first-order valence-corrected chi connectivity index (χ1v) is 5.63. The minimum Gasteiger partial charge on any atom is -0.299 e. The summed E-state index contributed by atoms with van der Waals surface area (Å²) in [7, 11) is 1.84. The maximum atomic E-state index is 11.8. The second-order valence-electron chi connectivity index (χ2n) is 4.33. The highest BCUT2D eigenvalue weighted by atomic mass is 16.1. The number of aryl methyl sites for hydroxylation is 2. The summed E-state index contributed by atoms with van der Waals surface area (Å²) >= 11 is 0. The molecule has 0 aliphatic heterocycles. The molecule has 1 aromatic heterocycles. The number of carbonyl (C=O) groups is 1. The molecule has 82 valence electrons. The van der Waals surface area contributed by atoms with E-state index >= 15 is 0 Å². The summed E-state index contributed by atoms with van der Waals surface area (Å²) in [5.41, 5.74) is 0.920. The summed E-state index contributed by atoms with van der Waals surface area (Å²) in [6.45, 7) is 0. The Morgan fingerprint density at radius 3 is 2.87 bits per heavy atom. The van der Waals surface area contributed by atoms with E-state index in [2.05, 4.69) is 10.3 Å². The lowest BCUT2D eigenvalue weighted by molar-refractivity contribution is -0.122. The molecule has 4 nitrogen and oxygen atoms in total. The molecule has 1 heterocycles. The van der Waals surface area contributed by atoms with Crippen molar-refractivity contribution in [3.05, 3.63) is 11.9 Å². The van der Waals surface area contributed by atoms with Gasteiger partial charge >= 0.3 is 0 Å². The molecule has 0 amide bonds. The minimum atomic E-state index is 0.335. The van der Waals surface area contributed by atoms with Crippen LogP contribution in [-0.2, 0) is 18.3 Å². The molecule has 0 aromatic carbocycles. The van der Waals surface area contributed by atoms with E-state index in [0.29, 0.717) is 18.1 Å². The Kier molecular flexibility index (Phi) is 3.14. The summed E-state index contributed by atoms with van der Waals surface area (Å²) in [5.74, 6) is 0.750. The van der Waals surface area contributed by atoms with Crippen molar-refractivity contribution in [3.8, 4) is 0 Å². The molecule has 4 heteroatoms. The molecule has 1 fully saturated rings. The van der Waals surface area contributed by atoms with Crippen LogP contribution in [0.3, 0.4) is 0 Å². The molecule has 0 atom stereocenters. The number of aromatic nitrogens is 3. The van der Waals surface area contributed by atoms with Gasteiger partial charge in [-0.3, -0.25) is 9.48 Å². The lowest BCUT2D eigenvalue weighted by Gasteiger charge is -2.05. The van der Waals surface area contributed by atoms with Crippen LogP contribution >= 0.6 is 0 Å². The second kappa shape index (κ2) is 4.55. The van der Waals surface area contributed by atoms with Crippen LogP contribution in [0.2, 0.25) is 0 Å². The third kappa shape index (κ3) is 2.64. The fourth-order valence-electron chi connectivity index (χ4n) is 2.21. The topological polar surface area (TPSA) is 47.8 Å². The first-order valence-electron chi connectivity index (χ1n) is 5.63. The van der Waals surface area contributed by atoms with Gasteiger partial charge in [0.25, 0.3) is 0 Å². The van der Waals surface area contributed by atoms with Crippen molar-refractivity contribution in [2.24, 2.45) is 13.0 Å². The van der Waals surface area contributed by atoms with E-state index < -0.39 is 0 Å².